The Hall–Kier alpha value is -0.770. The Bertz CT molecular complexity index is 447. The molecule has 0 amide bonds. The fourth-order valence-electron chi connectivity index (χ4n) is 1.79. The van der Waals surface area contributed by atoms with E-state index in [1.165, 1.54) is 20.0 Å². The van der Waals surface area contributed by atoms with Gasteiger partial charge in [-0.05, 0) is 31.4 Å². The van der Waals surface area contributed by atoms with E-state index in [0.717, 1.165) is 6.54 Å². The summed E-state index contributed by atoms with van der Waals surface area (Å²) in [6.07, 6.45) is 2.42. The summed E-state index contributed by atoms with van der Waals surface area (Å²) in [5, 5.41) is 4.04. The number of halogens is 2. The van der Waals surface area contributed by atoms with Crippen molar-refractivity contribution < 1.29 is 9.53 Å². The van der Waals surface area contributed by atoms with Gasteiger partial charge in [-0.25, -0.2) is 4.79 Å². The van der Waals surface area contributed by atoms with Crippen LogP contribution in [0.2, 0.25) is 10.0 Å². The molecule has 2 rings (SSSR count). The summed E-state index contributed by atoms with van der Waals surface area (Å²) >= 11 is 12.1. The first-order valence-corrected chi connectivity index (χ1v) is 6.64. The number of hydrogen-bond acceptors (Lipinski definition) is 3. The van der Waals surface area contributed by atoms with Crippen molar-refractivity contribution in [3.63, 3.8) is 0 Å². The number of rotatable bonds is 5. The highest BCUT2D eigenvalue weighted by Crippen LogP contribution is 2.32. The smallest absolute Gasteiger partial charge is 0.327 e. The number of ether oxygens (including phenoxy) is 1. The van der Waals surface area contributed by atoms with Crippen molar-refractivity contribution in [1.29, 1.82) is 0 Å². The molecule has 1 aliphatic rings. The zero-order valence-electron chi connectivity index (χ0n) is 10.1. The van der Waals surface area contributed by atoms with E-state index in [0.29, 0.717) is 21.5 Å². The highest BCUT2D eigenvalue weighted by atomic mass is 35.5. The minimum Gasteiger partial charge on any atom is -0.468 e. The molecule has 0 radical (unpaired) electrons. The van der Waals surface area contributed by atoms with Crippen LogP contribution in [0.15, 0.2) is 18.2 Å². The van der Waals surface area contributed by atoms with Crippen molar-refractivity contribution in [2.24, 2.45) is 5.92 Å². The molecule has 1 aliphatic carbocycles. The second kappa shape index (κ2) is 5.91. The summed E-state index contributed by atoms with van der Waals surface area (Å²) in [5.74, 6) is 0.315. The fourth-order valence-corrected chi connectivity index (χ4v) is 2.20. The van der Waals surface area contributed by atoms with Gasteiger partial charge in [0.05, 0.1) is 17.2 Å². The number of hydrogen-bond donors (Lipinski definition) is 1. The molecule has 5 heteroatoms. The van der Waals surface area contributed by atoms with E-state index in [-0.39, 0.29) is 5.97 Å². The van der Waals surface area contributed by atoms with Gasteiger partial charge >= 0.3 is 5.97 Å². The Morgan fingerprint density at radius 1 is 1.50 bits per heavy atom. The van der Waals surface area contributed by atoms with Crippen molar-refractivity contribution in [3.05, 3.63) is 33.8 Å². The molecule has 1 fully saturated rings. The zero-order chi connectivity index (χ0) is 13.1. The molecule has 3 nitrogen and oxygen atoms in total. The zero-order valence-corrected chi connectivity index (χ0v) is 11.6. The summed E-state index contributed by atoms with van der Waals surface area (Å²) in [6.45, 7) is 0.794. The summed E-state index contributed by atoms with van der Waals surface area (Å²) < 4.78 is 4.81. The highest BCUT2D eigenvalue weighted by Gasteiger charge is 2.28. The first kappa shape index (κ1) is 13.7. The van der Waals surface area contributed by atoms with Gasteiger partial charge < -0.3 is 10.1 Å². The minimum absolute atomic E-state index is 0.347. The Balaban J connectivity index is 2.20. The molecule has 1 N–H and O–H groups in total. The van der Waals surface area contributed by atoms with E-state index in [9.17, 15) is 4.79 Å². The van der Waals surface area contributed by atoms with E-state index < -0.39 is 6.04 Å². The van der Waals surface area contributed by atoms with Crippen LogP contribution in [0.1, 0.15) is 24.4 Å². The molecule has 0 heterocycles. The lowest BCUT2D eigenvalue weighted by Crippen LogP contribution is -2.31. The lowest BCUT2D eigenvalue weighted by Gasteiger charge is -2.18. The standard InChI is InChI=1S/C13H15Cl2NO2/c1-18-13(17)12(16-7-8-5-6-8)9-3-2-4-10(14)11(9)15/h2-4,8,12,16H,5-7H2,1H3. The molecule has 1 aromatic rings. The van der Waals surface area contributed by atoms with Gasteiger partial charge in [0.15, 0.2) is 0 Å². The number of carbonyl (C=O) groups is 1. The van der Waals surface area contributed by atoms with Crippen molar-refractivity contribution in [3.8, 4) is 0 Å². The van der Waals surface area contributed by atoms with Crippen LogP contribution in [0.5, 0.6) is 0 Å². The maximum atomic E-state index is 11.8. The first-order valence-electron chi connectivity index (χ1n) is 5.88. The fraction of sp³-hybridized carbons (Fsp3) is 0.462. The van der Waals surface area contributed by atoms with Gasteiger partial charge in [-0.2, -0.15) is 0 Å². The Morgan fingerprint density at radius 2 is 2.22 bits per heavy atom. The second-order valence-corrected chi connectivity index (χ2v) is 5.24. The second-order valence-electron chi connectivity index (χ2n) is 4.45. The third-order valence-electron chi connectivity index (χ3n) is 3.04. The molecule has 1 unspecified atom stereocenters. The van der Waals surface area contributed by atoms with Crippen LogP contribution in [-0.2, 0) is 9.53 Å². The topological polar surface area (TPSA) is 38.3 Å². The molecule has 18 heavy (non-hydrogen) atoms. The van der Waals surface area contributed by atoms with E-state index >= 15 is 0 Å². The third-order valence-corrected chi connectivity index (χ3v) is 3.87. The first-order chi connectivity index (χ1) is 8.63. The van der Waals surface area contributed by atoms with E-state index in [1.807, 2.05) is 0 Å². The van der Waals surface area contributed by atoms with E-state index in [1.54, 1.807) is 18.2 Å². The summed E-state index contributed by atoms with van der Waals surface area (Å²) in [7, 11) is 1.37. The molecule has 0 saturated heterocycles. The predicted molar refractivity (Wildman–Crippen MR) is 71.9 cm³/mol. The molecule has 0 spiro atoms. The SMILES string of the molecule is COC(=O)C(NCC1CC1)c1cccc(Cl)c1Cl. The maximum Gasteiger partial charge on any atom is 0.327 e. The molecule has 1 saturated carbocycles. The highest BCUT2D eigenvalue weighted by molar-refractivity contribution is 6.42. The van der Waals surface area contributed by atoms with Crippen LogP contribution in [0.3, 0.4) is 0 Å². The number of nitrogens with one attached hydrogen (secondary N) is 1. The quantitative estimate of drug-likeness (QED) is 0.845. The van der Waals surface area contributed by atoms with Crippen molar-refractivity contribution >= 4 is 29.2 Å². The van der Waals surface area contributed by atoms with E-state index in [4.69, 9.17) is 27.9 Å². The molecular formula is C13H15Cl2NO2. The van der Waals surface area contributed by atoms with Gasteiger partial charge in [0.25, 0.3) is 0 Å². The summed E-state index contributed by atoms with van der Waals surface area (Å²) in [5.41, 5.74) is 0.664. The molecule has 1 aromatic carbocycles. The van der Waals surface area contributed by atoms with E-state index in [2.05, 4.69) is 5.32 Å². The minimum atomic E-state index is -0.554. The van der Waals surface area contributed by atoms with Gasteiger partial charge in [0, 0.05) is 5.56 Å². The monoisotopic (exact) mass is 287 g/mol. The average molecular weight is 288 g/mol. The van der Waals surface area contributed by atoms with Crippen molar-refractivity contribution in [1.82, 2.24) is 5.32 Å². The molecule has 98 valence electrons. The van der Waals surface area contributed by atoms with Crippen LogP contribution >= 0.6 is 23.2 Å². The van der Waals surface area contributed by atoms with Crippen LogP contribution in [0.4, 0.5) is 0 Å². The van der Waals surface area contributed by atoms with Crippen molar-refractivity contribution in [2.75, 3.05) is 13.7 Å². The summed E-state index contributed by atoms with van der Waals surface area (Å²) in [4.78, 5) is 11.8. The lowest BCUT2D eigenvalue weighted by molar-refractivity contribution is -0.143. The number of methoxy groups -OCH3 is 1. The van der Waals surface area contributed by atoms with Crippen LogP contribution in [0, 0.1) is 5.92 Å². The predicted octanol–water partition coefficient (Wildman–Crippen LogP) is 3.21. The number of benzene rings is 1. The van der Waals surface area contributed by atoms with Crippen LogP contribution < -0.4 is 5.32 Å². The van der Waals surface area contributed by atoms with Gasteiger partial charge in [0.1, 0.15) is 6.04 Å². The molecule has 1 atom stereocenters. The largest absolute Gasteiger partial charge is 0.468 e. The Labute approximate surface area is 116 Å². The molecule has 0 aliphatic heterocycles. The van der Waals surface area contributed by atoms with Crippen LogP contribution in [-0.4, -0.2) is 19.6 Å². The van der Waals surface area contributed by atoms with Crippen LogP contribution in [0.25, 0.3) is 0 Å². The normalized spacial score (nSPS) is 16.4. The van der Waals surface area contributed by atoms with Crippen molar-refractivity contribution in [2.45, 2.75) is 18.9 Å². The number of carbonyl (C=O) groups excluding carboxylic acids is 1. The maximum absolute atomic E-state index is 11.8. The summed E-state index contributed by atoms with van der Waals surface area (Å²) in [6, 6.07) is 4.71. The Kier molecular flexibility index (Phi) is 4.49. The Morgan fingerprint density at radius 3 is 2.83 bits per heavy atom. The van der Waals surface area contributed by atoms with Gasteiger partial charge in [0.2, 0.25) is 0 Å². The lowest BCUT2D eigenvalue weighted by atomic mass is 10.1. The van der Waals surface area contributed by atoms with Gasteiger partial charge in [-0.15, -0.1) is 0 Å². The molecular weight excluding hydrogens is 273 g/mol. The molecule has 0 aromatic heterocycles. The van der Waals surface area contributed by atoms with Gasteiger partial charge in [-0.1, -0.05) is 35.3 Å². The average Bonchev–Trinajstić information content (AvgIpc) is 3.18. The third kappa shape index (κ3) is 3.16. The molecule has 0 bridgehead atoms. The number of esters is 1. The van der Waals surface area contributed by atoms with Gasteiger partial charge in [-0.3, -0.25) is 0 Å².